The van der Waals surface area contributed by atoms with Gasteiger partial charge in [0.2, 0.25) is 5.91 Å². The molecule has 21 heavy (non-hydrogen) atoms. The Morgan fingerprint density at radius 3 is 2.81 bits per heavy atom. The van der Waals surface area contributed by atoms with E-state index < -0.39 is 0 Å². The highest BCUT2D eigenvalue weighted by Gasteiger charge is 2.26. The number of nitrogens with zero attached hydrogens (tertiary/aromatic N) is 1. The molecule has 3 N–H and O–H groups in total. The van der Waals surface area contributed by atoms with Crippen LogP contribution >= 0.6 is 0 Å². The van der Waals surface area contributed by atoms with Gasteiger partial charge in [-0.25, -0.2) is 0 Å². The van der Waals surface area contributed by atoms with Crippen LogP contribution in [0.5, 0.6) is 0 Å². The smallest absolute Gasteiger partial charge is 0.248 e. The van der Waals surface area contributed by atoms with Crippen molar-refractivity contribution < 1.29 is 4.79 Å². The van der Waals surface area contributed by atoms with Crippen molar-refractivity contribution in [3.8, 4) is 0 Å². The van der Waals surface area contributed by atoms with Crippen LogP contribution in [0.15, 0.2) is 24.3 Å². The first kappa shape index (κ1) is 14.5. The number of benzene rings is 1. The first-order valence-corrected chi connectivity index (χ1v) is 8.05. The highest BCUT2D eigenvalue weighted by Crippen LogP contribution is 2.30. The summed E-state index contributed by atoms with van der Waals surface area (Å²) in [4.78, 5) is 13.8. The van der Waals surface area contributed by atoms with E-state index in [2.05, 4.69) is 16.3 Å². The number of nitrogens with one attached hydrogen (secondary N) is 1. The Kier molecular flexibility index (Phi) is 4.56. The van der Waals surface area contributed by atoms with Gasteiger partial charge in [0.05, 0.1) is 0 Å². The van der Waals surface area contributed by atoms with Crippen molar-refractivity contribution in [2.75, 3.05) is 19.6 Å². The predicted molar refractivity (Wildman–Crippen MR) is 84.0 cm³/mol. The number of carbonyl (C=O) groups is 1. The molecule has 0 aromatic heterocycles. The lowest BCUT2D eigenvalue weighted by molar-refractivity contribution is 0.1000. The Morgan fingerprint density at radius 1 is 1.29 bits per heavy atom. The first-order valence-electron chi connectivity index (χ1n) is 8.05. The van der Waals surface area contributed by atoms with Crippen molar-refractivity contribution in [2.24, 2.45) is 11.7 Å². The zero-order chi connectivity index (χ0) is 14.7. The monoisotopic (exact) mass is 287 g/mol. The summed E-state index contributed by atoms with van der Waals surface area (Å²) in [5, 5.41) is 3.58. The van der Waals surface area contributed by atoms with Gasteiger partial charge in [0, 0.05) is 31.2 Å². The molecule has 1 unspecified atom stereocenters. The molecule has 2 fully saturated rings. The molecule has 2 aliphatic rings. The summed E-state index contributed by atoms with van der Waals surface area (Å²) in [6.45, 7) is 4.35. The molecule has 1 amide bonds. The molecular weight excluding hydrogens is 262 g/mol. The van der Waals surface area contributed by atoms with Crippen LogP contribution in [0.3, 0.4) is 0 Å². The van der Waals surface area contributed by atoms with E-state index in [1.54, 1.807) is 6.07 Å². The quantitative estimate of drug-likeness (QED) is 0.803. The molecule has 3 rings (SSSR count). The van der Waals surface area contributed by atoms with Crippen LogP contribution in [0.2, 0.25) is 0 Å². The standard InChI is InChI=1S/C17H25N3O/c18-17(21)15-4-1-3-14(9-15)11-20(10-13-6-7-13)12-16-5-2-8-19-16/h1,3-4,9,13,16,19H,2,5-8,10-12H2,(H2,18,21). The summed E-state index contributed by atoms with van der Waals surface area (Å²) in [6, 6.07) is 8.37. The maximum Gasteiger partial charge on any atom is 0.248 e. The fourth-order valence-electron chi connectivity index (χ4n) is 3.17. The van der Waals surface area contributed by atoms with Crippen LogP contribution < -0.4 is 11.1 Å². The third kappa shape index (κ3) is 4.29. The zero-order valence-electron chi connectivity index (χ0n) is 12.6. The van der Waals surface area contributed by atoms with Gasteiger partial charge in [0.15, 0.2) is 0 Å². The van der Waals surface area contributed by atoms with Crippen molar-refractivity contribution >= 4 is 5.91 Å². The lowest BCUT2D eigenvalue weighted by Gasteiger charge is -2.26. The van der Waals surface area contributed by atoms with Gasteiger partial charge in [-0.2, -0.15) is 0 Å². The van der Waals surface area contributed by atoms with Gasteiger partial charge < -0.3 is 11.1 Å². The molecule has 1 atom stereocenters. The SMILES string of the molecule is NC(=O)c1cccc(CN(CC2CC2)CC2CCCN2)c1. The predicted octanol–water partition coefficient (Wildman–Crippen LogP) is 1.75. The maximum atomic E-state index is 11.3. The van der Waals surface area contributed by atoms with Crippen molar-refractivity contribution in [3.63, 3.8) is 0 Å². The Labute approximate surface area is 126 Å². The normalized spacial score (nSPS) is 21.9. The molecular formula is C17H25N3O. The molecule has 1 aliphatic carbocycles. The van der Waals surface area contributed by atoms with Crippen LogP contribution in [-0.4, -0.2) is 36.5 Å². The molecule has 1 aromatic rings. The van der Waals surface area contributed by atoms with Gasteiger partial charge in [-0.05, 0) is 55.8 Å². The Bertz CT molecular complexity index is 493. The van der Waals surface area contributed by atoms with Crippen LogP contribution in [0.1, 0.15) is 41.6 Å². The highest BCUT2D eigenvalue weighted by atomic mass is 16.1. The number of amides is 1. The van der Waals surface area contributed by atoms with E-state index in [9.17, 15) is 4.79 Å². The minimum atomic E-state index is -0.344. The minimum Gasteiger partial charge on any atom is -0.366 e. The second-order valence-electron chi connectivity index (χ2n) is 6.50. The topological polar surface area (TPSA) is 58.4 Å². The average Bonchev–Trinajstić information content (AvgIpc) is 3.12. The highest BCUT2D eigenvalue weighted by molar-refractivity contribution is 5.92. The lowest BCUT2D eigenvalue weighted by Crippen LogP contribution is -2.38. The third-order valence-corrected chi connectivity index (χ3v) is 4.47. The summed E-state index contributed by atoms with van der Waals surface area (Å²) in [5.74, 6) is 0.536. The van der Waals surface area contributed by atoms with Gasteiger partial charge in [0.1, 0.15) is 0 Å². The number of primary amides is 1. The van der Waals surface area contributed by atoms with Crippen LogP contribution in [-0.2, 0) is 6.54 Å². The van der Waals surface area contributed by atoms with Gasteiger partial charge in [-0.15, -0.1) is 0 Å². The summed E-state index contributed by atoms with van der Waals surface area (Å²) in [5.41, 5.74) is 7.17. The second kappa shape index (κ2) is 6.58. The van der Waals surface area contributed by atoms with Crippen LogP contribution in [0.25, 0.3) is 0 Å². The molecule has 4 heteroatoms. The Balaban J connectivity index is 1.64. The maximum absolute atomic E-state index is 11.3. The van der Waals surface area contributed by atoms with Crippen molar-refractivity contribution in [2.45, 2.75) is 38.3 Å². The number of hydrogen-bond donors (Lipinski definition) is 2. The van der Waals surface area contributed by atoms with E-state index in [0.29, 0.717) is 11.6 Å². The Hall–Kier alpha value is -1.39. The van der Waals surface area contributed by atoms with Crippen molar-refractivity contribution in [1.82, 2.24) is 10.2 Å². The van der Waals surface area contributed by atoms with Crippen LogP contribution in [0.4, 0.5) is 0 Å². The number of hydrogen-bond acceptors (Lipinski definition) is 3. The fourth-order valence-corrected chi connectivity index (χ4v) is 3.17. The molecule has 4 nitrogen and oxygen atoms in total. The van der Waals surface area contributed by atoms with Crippen molar-refractivity contribution in [1.29, 1.82) is 0 Å². The lowest BCUT2D eigenvalue weighted by atomic mass is 10.1. The van der Waals surface area contributed by atoms with E-state index in [-0.39, 0.29) is 5.91 Å². The molecule has 1 heterocycles. The van der Waals surface area contributed by atoms with E-state index in [1.165, 1.54) is 37.8 Å². The van der Waals surface area contributed by atoms with E-state index in [4.69, 9.17) is 5.73 Å². The molecule has 114 valence electrons. The molecule has 0 bridgehead atoms. The van der Waals surface area contributed by atoms with Gasteiger partial charge >= 0.3 is 0 Å². The zero-order valence-corrected chi connectivity index (χ0v) is 12.6. The largest absolute Gasteiger partial charge is 0.366 e. The van der Waals surface area contributed by atoms with E-state index in [1.807, 2.05) is 12.1 Å². The summed E-state index contributed by atoms with van der Waals surface area (Å²) < 4.78 is 0. The van der Waals surface area contributed by atoms with Crippen molar-refractivity contribution in [3.05, 3.63) is 35.4 Å². The third-order valence-electron chi connectivity index (χ3n) is 4.47. The molecule has 1 saturated carbocycles. The first-order chi connectivity index (χ1) is 10.2. The van der Waals surface area contributed by atoms with Gasteiger partial charge in [-0.1, -0.05) is 12.1 Å². The molecule has 1 aliphatic heterocycles. The molecule has 0 spiro atoms. The molecule has 0 radical (unpaired) electrons. The summed E-state index contributed by atoms with van der Waals surface area (Å²) >= 11 is 0. The molecule has 1 aromatic carbocycles. The fraction of sp³-hybridized carbons (Fsp3) is 0.588. The van der Waals surface area contributed by atoms with Crippen LogP contribution in [0, 0.1) is 5.92 Å². The Morgan fingerprint density at radius 2 is 2.14 bits per heavy atom. The number of rotatable bonds is 7. The van der Waals surface area contributed by atoms with Gasteiger partial charge in [0.25, 0.3) is 0 Å². The van der Waals surface area contributed by atoms with E-state index in [0.717, 1.165) is 25.6 Å². The van der Waals surface area contributed by atoms with Gasteiger partial charge in [-0.3, -0.25) is 9.69 Å². The second-order valence-corrected chi connectivity index (χ2v) is 6.50. The number of carbonyl (C=O) groups excluding carboxylic acids is 1. The minimum absolute atomic E-state index is 0.344. The van der Waals surface area contributed by atoms with E-state index >= 15 is 0 Å². The summed E-state index contributed by atoms with van der Waals surface area (Å²) in [7, 11) is 0. The average molecular weight is 287 g/mol. The molecule has 1 saturated heterocycles. The number of nitrogens with two attached hydrogens (primary N) is 1. The summed E-state index contributed by atoms with van der Waals surface area (Å²) in [6.07, 6.45) is 5.31.